The van der Waals surface area contributed by atoms with Gasteiger partial charge in [0.2, 0.25) is 5.41 Å². The normalized spacial score (nSPS) is 14.5. The third-order valence-corrected chi connectivity index (χ3v) is 2.99. The molecule has 0 amide bonds. The number of ether oxygens (including phenoxy) is 3. The van der Waals surface area contributed by atoms with E-state index in [1.807, 2.05) is 0 Å². The summed E-state index contributed by atoms with van der Waals surface area (Å²) in [4.78, 5) is 0. The molecule has 4 nitrogen and oxygen atoms in total. The number of rotatable bonds is 5. The molecule has 0 saturated heterocycles. The van der Waals surface area contributed by atoms with Crippen LogP contribution >= 0.6 is 0 Å². The zero-order valence-electron chi connectivity index (χ0n) is 7.29. The maximum atomic E-state index is 10.8. The SMILES string of the molecule is COC(C)C(OC)(OC)[SiH]=O. The quantitative estimate of drug-likeness (QED) is 0.430. The van der Waals surface area contributed by atoms with Gasteiger partial charge in [-0.25, -0.2) is 0 Å². The Labute approximate surface area is 68.7 Å². The Balaban J connectivity index is 4.38. The molecule has 11 heavy (non-hydrogen) atoms. The predicted molar refractivity (Wildman–Crippen MR) is 41.1 cm³/mol. The maximum absolute atomic E-state index is 10.8. The molecule has 0 fully saturated rings. The lowest BCUT2D eigenvalue weighted by Gasteiger charge is -2.29. The van der Waals surface area contributed by atoms with Gasteiger partial charge in [0.1, 0.15) is 6.10 Å². The highest BCUT2D eigenvalue weighted by atomic mass is 28.2. The van der Waals surface area contributed by atoms with Gasteiger partial charge in [-0.1, -0.05) is 0 Å². The van der Waals surface area contributed by atoms with Crippen molar-refractivity contribution in [1.29, 1.82) is 0 Å². The molecule has 0 rings (SSSR count). The minimum absolute atomic E-state index is 0.329. The molecule has 0 aliphatic heterocycles. The van der Waals surface area contributed by atoms with Gasteiger partial charge in [0.05, 0.1) is 0 Å². The third-order valence-electron chi connectivity index (χ3n) is 1.72. The van der Waals surface area contributed by atoms with Crippen LogP contribution in [0.3, 0.4) is 0 Å². The fourth-order valence-corrected chi connectivity index (χ4v) is 1.29. The Hall–Kier alpha value is -0.103. The van der Waals surface area contributed by atoms with E-state index in [1.165, 1.54) is 21.3 Å². The van der Waals surface area contributed by atoms with Crippen LogP contribution in [0.1, 0.15) is 6.92 Å². The zero-order valence-corrected chi connectivity index (χ0v) is 8.44. The van der Waals surface area contributed by atoms with Gasteiger partial charge in [-0.15, -0.1) is 0 Å². The zero-order chi connectivity index (χ0) is 8.91. The second-order valence-corrected chi connectivity index (χ2v) is 3.17. The van der Waals surface area contributed by atoms with E-state index >= 15 is 0 Å². The number of hydrogen-bond donors (Lipinski definition) is 0. The van der Waals surface area contributed by atoms with E-state index in [0.29, 0.717) is 0 Å². The van der Waals surface area contributed by atoms with E-state index in [4.69, 9.17) is 14.2 Å². The van der Waals surface area contributed by atoms with Crippen LogP contribution in [0.5, 0.6) is 0 Å². The van der Waals surface area contributed by atoms with Crippen molar-refractivity contribution >= 4 is 9.41 Å². The molecule has 0 aliphatic rings. The summed E-state index contributed by atoms with van der Waals surface area (Å²) in [5, 5.41) is 0. The summed E-state index contributed by atoms with van der Waals surface area (Å²) in [5.74, 6) is 0. The molecule has 66 valence electrons. The van der Waals surface area contributed by atoms with Crippen molar-refractivity contribution in [3.63, 3.8) is 0 Å². The molecule has 0 heterocycles. The average molecular weight is 178 g/mol. The van der Waals surface area contributed by atoms with Gasteiger partial charge in [0.25, 0.3) is 0 Å². The van der Waals surface area contributed by atoms with Crippen molar-refractivity contribution in [3.05, 3.63) is 0 Å². The van der Waals surface area contributed by atoms with Crippen molar-refractivity contribution in [3.8, 4) is 0 Å². The van der Waals surface area contributed by atoms with E-state index in [0.717, 1.165) is 0 Å². The predicted octanol–water partition coefficient (Wildman–Crippen LogP) is -0.250. The van der Waals surface area contributed by atoms with Gasteiger partial charge in [0, 0.05) is 21.3 Å². The lowest BCUT2D eigenvalue weighted by Crippen LogP contribution is -2.47. The first-order chi connectivity index (χ1) is 5.16. The first kappa shape index (κ1) is 10.9. The van der Waals surface area contributed by atoms with E-state index in [-0.39, 0.29) is 6.10 Å². The molecular formula is C6H14O4Si. The third kappa shape index (κ3) is 2.16. The highest BCUT2D eigenvalue weighted by Gasteiger charge is 2.37. The Morgan fingerprint density at radius 3 is 1.82 bits per heavy atom. The van der Waals surface area contributed by atoms with Crippen LogP contribution in [-0.4, -0.2) is 42.2 Å². The second kappa shape index (κ2) is 4.71. The number of hydrogen-bond acceptors (Lipinski definition) is 4. The molecule has 5 heteroatoms. The standard InChI is InChI=1S/C6H14O4Si/c1-5(8-2)6(9-3,10-4)11-7/h5,11H,1-4H3. The summed E-state index contributed by atoms with van der Waals surface area (Å²) in [7, 11) is 3.23. The summed E-state index contributed by atoms with van der Waals surface area (Å²) >= 11 is 0. The molecule has 0 aromatic rings. The maximum Gasteiger partial charge on any atom is 0.330 e. The molecule has 0 N–H and O–H groups in total. The summed E-state index contributed by atoms with van der Waals surface area (Å²) in [6.45, 7) is 1.75. The lowest BCUT2D eigenvalue weighted by atomic mass is 10.4. The molecule has 0 spiro atoms. The Morgan fingerprint density at radius 1 is 1.27 bits per heavy atom. The minimum Gasteiger partial charge on any atom is -0.386 e. The van der Waals surface area contributed by atoms with Crippen molar-refractivity contribution in [2.24, 2.45) is 0 Å². The van der Waals surface area contributed by atoms with Crippen molar-refractivity contribution in [2.75, 3.05) is 21.3 Å². The van der Waals surface area contributed by atoms with Crippen molar-refractivity contribution in [1.82, 2.24) is 0 Å². The van der Waals surface area contributed by atoms with Gasteiger partial charge >= 0.3 is 9.41 Å². The molecule has 0 saturated carbocycles. The smallest absolute Gasteiger partial charge is 0.330 e. The molecule has 0 aliphatic carbocycles. The summed E-state index contributed by atoms with van der Waals surface area (Å²) < 4.78 is 25.7. The van der Waals surface area contributed by atoms with Crippen molar-refractivity contribution < 1.29 is 18.7 Å². The first-order valence-corrected chi connectivity index (χ1v) is 4.31. The highest BCUT2D eigenvalue weighted by Crippen LogP contribution is 2.14. The van der Waals surface area contributed by atoms with Crippen LogP contribution in [-0.2, 0) is 18.7 Å². The van der Waals surface area contributed by atoms with E-state index < -0.39 is 14.8 Å². The van der Waals surface area contributed by atoms with Gasteiger partial charge in [0.15, 0.2) is 0 Å². The van der Waals surface area contributed by atoms with Crippen LogP contribution < -0.4 is 0 Å². The molecule has 1 unspecified atom stereocenters. The van der Waals surface area contributed by atoms with E-state index in [2.05, 4.69) is 0 Å². The second-order valence-electron chi connectivity index (χ2n) is 2.13. The summed E-state index contributed by atoms with van der Waals surface area (Å²) in [6.07, 6.45) is -0.329. The Morgan fingerprint density at radius 2 is 1.73 bits per heavy atom. The van der Waals surface area contributed by atoms with Gasteiger partial charge in [-0.05, 0) is 6.92 Å². The van der Waals surface area contributed by atoms with Gasteiger partial charge in [-0.3, -0.25) is 0 Å². The molecule has 0 radical (unpaired) electrons. The first-order valence-electron chi connectivity index (χ1n) is 3.26. The molecular weight excluding hydrogens is 164 g/mol. The fraction of sp³-hybridized carbons (Fsp3) is 1.00. The Kier molecular flexibility index (Phi) is 4.67. The largest absolute Gasteiger partial charge is 0.386 e. The topological polar surface area (TPSA) is 44.8 Å². The lowest BCUT2D eigenvalue weighted by molar-refractivity contribution is -0.206. The van der Waals surface area contributed by atoms with Gasteiger partial charge < -0.3 is 18.7 Å². The van der Waals surface area contributed by atoms with Crippen LogP contribution in [0, 0.1) is 0 Å². The van der Waals surface area contributed by atoms with E-state index in [1.54, 1.807) is 6.92 Å². The number of methoxy groups -OCH3 is 3. The summed E-state index contributed by atoms with van der Waals surface area (Å²) in [6, 6.07) is 0. The van der Waals surface area contributed by atoms with Crippen molar-refractivity contribution in [2.45, 2.75) is 18.4 Å². The molecule has 0 aromatic heterocycles. The van der Waals surface area contributed by atoms with Crippen LogP contribution in [0.2, 0.25) is 0 Å². The van der Waals surface area contributed by atoms with E-state index in [9.17, 15) is 4.46 Å². The van der Waals surface area contributed by atoms with Gasteiger partial charge in [-0.2, -0.15) is 0 Å². The van der Waals surface area contributed by atoms with Crippen LogP contribution in [0.4, 0.5) is 0 Å². The summed E-state index contributed by atoms with van der Waals surface area (Å²) in [5.41, 5.74) is -1.06. The highest BCUT2D eigenvalue weighted by molar-refractivity contribution is 6.21. The van der Waals surface area contributed by atoms with Crippen LogP contribution in [0.25, 0.3) is 0 Å². The molecule has 0 aromatic carbocycles. The fourth-order valence-electron chi connectivity index (χ4n) is 0.772. The monoisotopic (exact) mass is 178 g/mol. The molecule has 0 bridgehead atoms. The Bertz CT molecular complexity index is 124. The molecule has 1 atom stereocenters. The minimum atomic E-state index is -1.18. The average Bonchev–Trinajstić information content (AvgIpc) is 2.08. The van der Waals surface area contributed by atoms with Crippen LogP contribution in [0.15, 0.2) is 0 Å².